The molecule has 0 unspecified atom stereocenters. The zero-order valence-corrected chi connectivity index (χ0v) is 37.1. The number of carbonyl (C=O) groups excluding carboxylic acids is 2. The fourth-order valence-corrected chi connectivity index (χ4v) is 7.72. The van der Waals surface area contributed by atoms with Crippen LogP contribution in [0.15, 0.2) is 0 Å². The number of esters is 1. The van der Waals surface area contributed by atoms with Crippen LogP contribution in [0.25, 0.3) is 0 Å². The van der Waals surface area contributed by atoms with Crippen LogP contribution >= 0.6 is 0 Å². The molecule has 6 nitrogen and oxygen atoms in total. The predicted octanol–water partition coefficient (Wildman–Crippen LogP) is 13.9. The fourth-order valence-electron chi connectivity index (χ4n) is 7.72. The van der Waals surface area contributed by atoms with Crippen molar-refractivity contribution in [2.24, 2.45) is 5.92 Å². The van der Waals surface area contributed by atoms with Crippen molar-refractivity contribution in [3.8, 4) is 0 Å². The molecular weight excluding hydrogens is 669 g/mol. The molecule has 0 spiro atoms. The highest BCUT2D eigenvalue weighted by Crippen LogP contribution is 2.25. The second kappa shape index (κ2) is 44.6. The highest BCUT2D eigenvalue weighted by Gasteiger charge is 2.10. The van der Waals surface area contributed by atoms with Crippen molar-refractivity contribution >= 4 is 11.9 Å². The van der Waals surface area contributed by atoms with Crippen LogP contribution in [-0.2, 0) is 19.1 Å². The molecule has 0 aliphatic rings. The minimum Gasteiger partial charge on any atom is -0.466 e. The Morgan fingerprint density at radius 3 is 1.37 bits per heavy atom. The zero-order valence-electron chi connectivity index (χ0n) is 37.1. The van der Waals surface area contributed by atoms with Crippen LogP contribution in [0.4, 0.5) is 0 Å². The molecule has 1 amide bonds. The number of carbonyl (C=O) groups is 2. The van der Waals surface area contributed by atoms with E-state index in [9.17, 15) is 9.59 Å². The van der Waals surface area contributed by atoms with E-state index >= 15 is 0 Å². The molecule has 0 heterocycles. The number of nitrogens with one attached hydrogen (secondary N) is 1. The Morgan fingerprint density at radius 1 is 0.481 bits per heavy atom. The Morgan fingerprint density at radius 2 is 0.889 bits per heavy atom. The molecule has 0 aromatic rings. The summed E-state index contributed by atoms with van der Waals surface area (Å²) in [5.41, 5.74) is 0. The quantitative estimate of drug-likeness (QED) is 0.0494. The molecule has 0 fully saturated rings. The van der Waals surface area contributed by atoms with Crippen molar-refractivity contribution in [2.75, 3.05) is 46.0 Å². The van der Waals surface area contributed by atoms with E-state index in [0.29, 0.717) is 19.6 Å². The second-order valence-electron chi connectivity index (χ2n) is 16.6. The third-order valence-corrected chi connectivity index (χ3v) is 11.3. The highest BCUT2D eigenvalue weighted by atomic mass is 16.5. The van der Waals surface area contributed by atoms with Gasteiger partial charge in [-0.2, -0.15) is 0 Å². The zero-order chi connectivity index (χ0) is 39.4. The summed E-state index contributed by atoms with van der Waals surface area (Å²) in [5.74, 6) is 0.938. The molecular formula is C48H96N2O4. The third kappa shape index (κ3) is 40.5. The van der Waals surface area contributed by atoms with Gasteiger partial charge in [-0.15, -0.1) is 0 Å². The SMILES string of the molecule is CCCCCCCCCOC(=O)CCCCCCCN(CCCCCCCC(CCCCCCCC)CCCCCCCC)CCCNC(=O)COCC. The normalized spacial score (nSPS) is 11.6. The minimum atomic E-state index is -0.0124. The van der Waals surface area contributed by atoms with E-state index in [4.69, 9.17) is 9.47 Å². The van der Waals surface area contributed by atoms with Gasteiger partial charge in [0, 0.05) is 19.6 Å². The van der Waals surface area contributed by atoms with Gasteiger partial charge in [0.2, 0.25) is 5.91 Å². The number of unbranched alkanes of at least 4 members (excludes halogenated alkanes) is 24. The highest BCUT2D eigenvalue weighted by molar-refractivity contribution is 5.77. The maximum atomic E-state index is 12.1. The predicted molar refractivity (Wildman–Crippen MR) is 234 cm³/mol. The standard InChI is InChI=1S/C48H96N2O4/c1-5-9-12-15-18-27-34-44-54-48(52)39-31-24-20-26-33-42-50(43-35-40-49-47(51)45-53-8-4)41-32-25-19-23-30-38-46(36-28-21-16-13-10-6-2)37-29-22-17-14-11-7-3/h46H,5-45H2,1-4H3,(H,49,51). The monoisotopic (exact) mass is 765 g/mol. The lowest BCUT2D eigenvalue weighted by molar-refractivity contribution is -0.143. The molecule has 0 atom stereocenters. The van der Waals surface area contributed by atoms with E-state index in [1.165, 1.54) is 186 Å². The molecule has 0 aliphatic heterocycles. The van der Waals surface area contributed by atoms with Crippen LogP contribution in [0.1, 0.15) is 246 Å². The van der Waals surface area contributed by atoms with Gasteiger partial charge in [0.15, 0.2) is 0 Å². The van der Waals surface area contributed by atoms with E-state index < -0.39 is 0 Å². The molecule has 0 radical (unpaired) electrons. The first-order valence-corrected chi connectivity index (χ1v) is 24.3. The topological polar surface area (TPSA) is 67.9 Å². The first-order valence-electron chi connectivity index (χ1n) is 24.3. The lowest BCUT2D eigenvalue weighted by atomic mass is 9.89. The summed E-state index contributed by atoms with van der Waals surface area (Å²) in [6, 6.07) is 0. The van der Waals surface area contributed by atoms with Gasteiger partial charge >= 0.3 is 5.97 Å². The number of nitrogens with zero attached hydrogens (tertiary/aromatic N) is 1. The Balaban J connectivity index is 4.35. The first kappa shape index (κ1) is 52.9. The van der Waals surface area contributed by atoms with E-state index in [0.717, 1.165) is 57.8 Å². The lowest BCUT2D eigenvalue weighted by Crippen LogP contribution is -2.33. The molecule has 0 saturated carbocycles. The molecule has 54 heavy (non-hydrogen) atoms. The van der Waals surface area contributed by atoms with Gasteiger partial charge in [0.25, 0.3) is 0 Å². The van der Waals surface area contributed by atoms with E-state index in [1.54, 1.807) is 0 Å². The number of hydrogen-bond donors (Lipinski definition) is 1. The van der Waals surface area contributed by atoms with E-state index in [2.05, 4.69) is 31.0 Å². The van der Waals surface area contributed by atoms with Crippen molar-refractivity contribution < 1.29 is 19.1 Å². The van der Waals surface area contributed by atoms with Gasteiger partial charge < -0.3 is 19.7 Å². The summed E-state index contributed by atoms with van der Waals surface area (Å²) in [6.07, 6.45) is 44.1. The molecule has 0 aromatic heterocycles. The third-order valence-electron chi connectivity index (χ3n) is 11.3. The average Bonchev–Trinajstić information content (AvgIpc) is 3.17. The first-order chi connectivity index (χ1) is 26.6. The van der Waals surface area contributed by atoms with Gasteiger partial charge in [-0.1, -0.05) is 201 Å². The summed E-state index contributed by atoms with van der Waals surface area (Å²) in [5, 5.41) is 3.02. The Labute approximate surface area is 338 Å². The van der Waals surface area contributed by atoms with Crippen LogP contribution < -0.4 is 5.32 Å². The van der Waals surface area contributed by atoms with Crippen LogP contribution in [0.5, 0.6) is 0 Å². The summed E-state index contributed by atoms with van der Waals surface area (Å²) in [6.45, 7) is 14.2. The number of ether oxygens (including phenoxy) is 2. The fraction of sp³-hybridized carbons (Fsp3) is 0.958. The maximum Gasteiger partial charge on any atom is 0.305 e. The Hall–Kier alpha value is -1.14. The number of rotatable bonds is 45. The Kier molecular flexibility index (Phi) is 43.6. The summed E-state index contributed by atoms with van der Waals surface area (Å²) < 4.78 is 10.7. The van der Waals surface area contributed by atoms with E-state index in [-0.39, 0.29) is 18.5 Å². The van der Waals surface area contributed by atoms with Gasteiger partial charge in [-0.25, -0.2) is 0 Å². The lowest BCUT2D eigenvalue weighted by Gasteiger charge is -2.22. The van der Waals surface area contributed by atoms with Crippen LogP contribution in [-0.4, -0.2) is 62.8 Å². The van der Waals surface area contributed by atoms with Crippen molar-refractivity contribution in [3.05, 3.63) is 0 Å². The van der Waals surface area contributed by atoms with Crippen LogP contribution in [0.2, 0.25) is 0 Å². The number of hydrogen-bond acceptors (Lipinski definition) is 5. The summed E-state index contributed by atoms with van der Waals surface area (Å²) >= 11 is 0. The molecule has 1 N–H and O–H groups in total. The largest absolute Gasteiger partial charge is 0.466 e. The number of amides is 1. The molecule has 322 valence electrons. The van der Waals surface area contributed by atoms with Crippen LogP contribution in [0.3, 0.4) is 0 Å². The molecule has 0 saturated heterocycles. The Bertz CT molecular complexity index is 747. The van der Waals surface area contributed by atoms with Crippen molar-refractivity contribution in [3.63, 3.8) is 0 Å². The van der Waals surface area contributed by atoms with Crippen molar-refractivity contribution in [1.29, 1.82) is 0 Å². The van der Waals surface area contributed by atoms with Gasteiger partial charge in [0.05, 0.1) is 6.61 Å². The van der Waals surface area contributed by atoms with Gasteiger partial charge in [-0.05, 0) is 64.6 Å². The van der Waals surface area contributed by atoms with Gasteiger partial charge in [-0.3, -0.25) is 9.59 Å². The average molecular weight is 765 g/mol. The van der Waals surface area contributed by atoms with Gasteiger partial charge in [0.1, 0.15) is 6.61 Å². The molecule has 6 heteroatoms. The molecule has 0 rings (SSSR count). The summed E-state index contributed by atoms with van der Waals surface area (Å²) in [4.78, 5) is 26.7. The maximum absolute atomic E-state index is 12.1. The van der Waals surface area contributed by atoms with Crippen molar-refractivity contribution in [1.82, 2.24) is 10.2 Å². The summed E-state index contributed by atoms with van der Waals surface area (Å²) in [7, 11) is 0. The molecule has 0 aliphatic carbocycles. The second-order valence-corrected chi connectivity index (χ2v) is 16.6. The molecule has 0 bridgehead atoms. The van der Waals surface area contributed by atoms with E-state index in [1.807, 2.05) is 6.92 Å². The smallest absolute Gasteiger partial charge is 0.305 e. The van der Waals surface area contributed by atoms with Crippen LogP contribution in [0, 0.1) is 5.92 Å². The van der Waals surface area contributed by atoms with Crippen molar-refractivity contribution in [2.45, 2.75) is 246 Å². The minimum absolute atomic E-state index is 0.00808. The molecule has 0 aromatic carbocycles.